The molecule has 2 heterocycles. The second kappa shape index (κ2) is 13.1. The van der Waals surface area contributed by atoms with Crippen LogP contribution < -0.4 is 21.7 Å². The van der Waals surface area contributed by atoms with Gasteiger partial charge in [0.05, 0.1) is 12.1 Å². The average Bonchev–Trinajstić information content (AvgIpc) is 3.24. The van der Waals surface area contributed by atoms with E-state index < -0.39 is 47.2 Å². The lowest BCUT2D eigenvalue weighted by molar-refractivity contribution is -0.145. The molecule has 12 heteroatoms. The summed E-state index contributed by atoms with van der Waals surface area (Å²) in [5.41, 5.74) is 4.10. The van der Waals surface area contributed by atoms with Crippen molar-refractivity contribution in [2.45, 2.75) is 125 Å². The van der Waals surface area contributed by atoms with Gasteiger partial charge in [-0.15, -0.1) is 0 Å². The quantitative estimate of drug-likeness (QED) is 0.252. The zero-order valence-corrected chi connectivity index (χ0v) is 29.0. The average molecular weight is 645 g/mol. The van der Waals surface area contributed by atoms with Gasteiger partial charge in [-0.05, 0) is 53.3 Å². The van der Waals surface area contributed by atoms with Gasteiger partial charge in [0.25, 0.3) is 5.91 Å². The van der Waals surface area contributed by atoms with E-state index in [9.17, 15) is 28.8 Å². The number of rotatable bonds is 11. The Bertz CT molecular complexity index is 1230. The van der Waals surface area contributed by atoms with Gasteiger partial charge in [-0.3, -0.25) is 24.0 Å². The third kappa shape index (κ3) is 7.68. The minimum Gasteiger partial charge on any atom is -0.363 e. The van der Waals surface area contributed by atoms with Gasteiger partial charge in [0, 0.05) is 26.1 Å². The van der Waals surface area contributed by atoms with Crippen LogP contribution in [0.15, 0.2) is 0 Å². The smallest absolute Gasteiger partial charge is 0.315 e. The highest BCUT2D eigenvalue weighted by Gasteiger charge is 2.70. The molecule has 46 heavy (non-hydrogen) atoms. The van der Waals surface area contributed by atoms with E-state index in [2.05, 4.69) is 29.8 Å². The number of nitrogens with one attached hydrogen (secondary N) is 3. The SMILES string of the molecule is CC(C)(C)[C@H](NC(=O)N[C@H](CN1CCCCC1=O)C(C)(C)C)C(=O)N1C[C@H]2[C@@H](C1C(=O)NC(CC1CCC1)C(=O)C(N)=O)C2(C)C. The molecule has 0 radical (unpaired) electrons. The summed E-state index contributed by atoms with van der Waals surface area (Å²) in [7, 11) is 0. The summed E-state index contributed by atoms with van der Waals surface area (Å²) in [6, 6.07) is -3.72. The first-order valence-corrected chi connectivity index (χ1v) is 17.0. The molecule has 5 N–H and O–H groups in total. The Hall–Kier alpha value is -3.18. The molecule has 0 aromatic carbocycles. The Morgan fingerprint density at radius 1 is 0.935 bits per heavy atom. The normalized spacial score (nSPS) is 26.3. The fourth-order valence-electron chi connectivity index (χ4n) is 7.49. The van der Waals surface area contributed by atoms with Crippen molar-refractivity contribution in [1.82, 2.24) is 25.8 Å². The topological polar surface area (TPSA) is 171 Å². The molecule has 6 atom stereocenters. The van der Waals surface area contributed by atoms with Crippen LogP contribution in [0.5, 0.6) is 0 Å². The predicted octanol–water partition coefficient (Wildman–Crippen LogP) is 2.34. The van der Waals surface area contributed by atoms with Crippen LogP contribution in [0, 0.1) is 34.0 Å². The number of ketones is 1. The summed E-state index contributed by atoms with van der Waals surface area (Å²) >= 11 is 0. The van der Waals surface area contributed by atoms with Crippen LogP contribution in [0.3, 0.4) is 0 Å². The molecule has 2 aliphatic heterocycles. The second-order valence-electron chi connectivity index (χ2n) is 16.8. The van der Waals surface area contributed by atoms with Crippen LogP contribution in [-0.2, 0) is 24.0 Å². The molecule has 4 rings (SSSR count). The van der Waals surface area contributed by atoms with E-state index in [-0.39, 0.29) is 46.4 Å². The van der Waals surface area contributed by atoms with Crippen LogP contribution in [0.1, 0.15) is 100 Å². The van der Waals surface area contributed by atoms with E-state index in [0.29, 0.717) is 32.5 Å². The number of likely N-dealkylation sites (tertiary alicyclic amines) is 2. The zero-order valence-electron chi connectivity index (χ0n) is 29.0. The number of primary amides is 1. The summed E-state index contributed by atoms with van der Waals surface area (Å²) in [5.74, 6) is -2.47. The lowest BCUT2D eigenvalue weighted by Crippen LogP contribution is -2.63. The molecular weight excluding hydrogens is 588 g/mol. The van der Waals surface area contributed by atoms with Crippen molar-refractivity contribution in [2.24, 2.45) is 39.7 Å². The molecule has 4 fully saturated rings. The molecule has 2 saturated heterocycles. The minimum atomic E-state index is -1.09. The summed E-state index contributed by atoms with van der Waals surface area (Å²) < 4.78 is 0. The van der Waals surface area contributed by atoms with E-state index in [4.69, 9.17) is 5.73 Å². The Kier molecular flexibility index (Phi) is 10.2. The van der Waals surface area contributed by atoms with Crippen molar-refractivity contribution in [3.8, 4) is 0 Å². The first-order valence-electron chi connectivity index (χ1n) is 17.0. The number of amides is 6. The summed E-state index contributed by atoms with van der Waals surface area (Å²) in [4.78, 5) is 82.3. The van der Waals surface area contributed by atoms with Crippen LogP contribution in [-0.4, -0.2) is 89.0 Å². The van der Waals surface area contributed by atoms with Crippen LogP contribution in [0.25, 0.3) is 0 Å². The number of hydrogen-bond acceptors (Lipinski definition) is 6. The highest BCUT2D eigenvalue weighted by Crippen LogP contribution is 2.65. The molecule has 0 spiro atoms. The van der Waals surface area contributed by atoms with E-state index in [0.717, 1.165) is 32.1 Å². The van der Waals surface area contributed by atoms with Gasteiger partial charge in [-0.1, -0.05) is 74.7 Å². The number of nitrogens with two attached hydrogens (primary N) is 1. The van der Waals surface area contributed by atoms with Crippen LogP contribution >= 0.6 is 0 Å². The fraction of sp³-hybridized carbons (Fsp3) is 0.824. The molecule has 2 aliphatic carbocycles. The van der Waals surface area contributed by atoms with Gasteiger partial charge in [0.1, 0.15) is 12.1 Å². The van der Waals surface area contributed by atoms with Crippen molar-refractivity contribution in [3.63, 3.8) is 0 Å². The standard InChI is InChI=1S/C34H56N6O6/c1-32(2,3)22(18-39-15-10-9-14-23(39)41)37-31(46)38-27(33(4,5)6)30(45)40-17-20-24(34(20,7)8)25(40)29(44)36-21(26(42)28(35)43)16-19-12-11-13-19/h19-22,24-25,27H,9-18H2,1-8H3,(H2,35,43)(H,36,44)(H2,37,38,46)/t20-,21?,22+,24-,25?,27+/m0/s1. The molecule has 6 amide bonds. The van der Waals surface area contributed by atoms with Gasteiger partial charge < -0.3 is 31.5 Å². The van der Waals surface area contributed by atoms with Crippen LogP contribution in [0.2, 0.25) is 0 Å². The first-order chi connectivity index (χ1) is 21.2. The largest absolute Gasteiger partial charge is 0.363 e. The number of Topliss-reactive ketones (excluding diaryl/α,β-unsaturated/α-hetero) is 1. The van der Waals surface area contributed by atoms with Gasteiger partial charge in [0.2, 0.25) is 23.5 Å². The summed E-state index contributed by atoms with van der Waals surface area (Å²) in [6.07, 6.45) is 5.54. The molecule has 0 bridgehead atoms. The summed E-state index contributed by atoms with van der Waals surface area (Å²) in [5, 5.41) is 8.77. The number of urea groups is 1. The first kappa shape index (κ1) is 35.7. The summed E-state index contributed by atoms with van der Waals surface area (Å²) in [6.45, 7) is 17.1. The number of nitrogens with zero attached hydrogens (tertiary/aromatic N) is 2. The monoisotopic (exact) mass is 644 g/mol. The Balaban J connectivity index is 1.51. The van der Waals surface area contributed by atoms with Crippen molar-refractivity contribution >= 4 is 35.4 Å². The van der Waals surface area contributed by atoms with Crippen molar-refractivity contribution in [3.05, 3.63) is 0 Å². The molecule has 0 aromatic rings. The van der Waals surface area contributed by atoms with E-state index in [1.807, 2.05) is 41.5 Å². The van der Waals surface area contributed by atoms with Gasteiger partial charge in [0.15, 0.2) is 0 Å². The van der Waals surface area contributed by atoms with E-state index >= 15 is 0 Å². The Labute approximate surface area is 273 Å². The Morgan fingerprint density at radius 2 is 1.59 bits per heavy atom. The maximum absolute atomic E-state index is 14.3. The number of carbonyl (C=O) groups is 6. The van der Waals surface area contributed by atoms with E-state index in [1.54, 1.807) is 9.80 Å². The van der Waals surface area contributed by atoms with Crippen molar-refractivity contribution in [2.75, 3.05) is 19.6 Å². The molecule has 2 saturated carbocycles. The number of carbonyl (C=O) groups excluding carboxylic acids is 6. The van der Waals surface area contributed by atoms with Crippen molar-refractivity contribution in [1.29, 1.82) is 0 Å². The number of fused-ring (bicyclic) bond motifs is 1. The van der Waals surface area contributed by atoms with E-state index in [1.165, 1.54) is 0 Å². The van der Waals surface area contributed by atoms with Gasteiger partial charge in [-0.2, -0.15) is 0 Å². The van der Waals surface area contributed by atoms with Gasteiger partial charge >= 0.3 is 6.03 Å². The van der Waals surface area contributed by atoms with Gasteiger partial charge in [-0.25, -0.2) is 4.79 Å². The maximum Gasteiger partial charge on any atom is 0.315 e. The third-order valence-corrected chi connectivity index (χ3v) is 11.0. The zero-order chi connectivity index (χ0) is 34.4. The third-order valence-electron chi connectivity index (χ3n) is 11.0. The fourth-order valence-corrected chi connectivity index (χ4v) is 7.49. The molecule has 12 nitrogen and oxygen atoms in total. The molecule has 258 valence electrons. The van der Waals surface area contributed by atoms with Crippen LogP contribution in [0.4, 0.5) is 4.79 Å². The lowest BCUT2D eigenvalue weighted by atomic mass is 9.80. The minimum absolute atomic E-state index is 0.0812. The lowest BCUT2D eigenvalue weighted by Gasteiger charge is -2.40. The maximum atomic E-state index is 14.3. The number of hydrogen-bond donors (Lipinski definition) is 4. The molecule has 2 unspecified atom stereocenters. The highest BCUT2D eigenvalue weighted by molar-refractivity contribution is 6.37. The molecular formula is C34H56N6O6. The van der Waals surface area contributed by atoms with Crippen molar-refractivity contribution < 1.29 is 28.8 Å². The second-order valence-corrected chi connectivity index (χ2v) is 16.8. The predicted molar refractivity (Wildman–Crippen MR) is 173 cm³/mol. The molecule has 4 aliphatic rings. The Morgan fingerprint density at radius 3 is 2.11 bits per heavy atom. The number of piperidine rings is 2. The molecule has 0 aromatic heterocycles. The highest BCUT2D eigenvalue weighted by atomic mass is 16.2.